The van der Waals surface area contributed by atoms with Crippen LogP contribution in [0.4, 0.5) is 0 Å². The summed E-state index contributed by atoms with van der Waals surface area (Å²) in [4.78, 5) is 23.0. The molecule has 0 saturated carbocycles. The van der Waals surface area contributed by atoms with Crippen LogP contribution in [0.15, 0.2) is 0 Å². The standard InChI is InChI=1S/C11H14N2O3/c1-5-4-7-8(10(14)12-5)6(2)13(3)9(7)11(15)16/h5H,4H2,1-3H3,(H,12,14)(H,15,16)/t5-/m0/s1. The van der Waals surface area contributed by atoms with Gasteiger partial charge in [0.2, 0.25) is 0 Å². The van der Waals surface area contributed by atoms with Crippen molar-refractivity contribution in [3.8, 4) is 0 Å². The second-order valence-corrected chi connectivity index (χ2v) is 4.23. The molecule has 5 heteroatoms. The van der Waals surface area contributed by atoms with Gasteiger partial charge in [-0.2, -0.15) is 0 Å². The molecule has 0 radical (unpaired) electrons. The Morgan fingerprint density at radius 3 is 2.75 bits per heavy atom. The van der Waals surface area contributed by atoms with Crippen molar-refractivity contribution in [1.29, 1.82) is 0 Å². The van der Waals surface area contributed by atoms with E-state index < -0.39 is 5.97 Å². The predicted octanol–water partition coefficient (Wildman–Crippen LogP) is 0.706. The molecule has 0 aliphatic carbocycles. The highest BCUT2D eigenvalue weighted by Gasteiger charge is 2.31. The zero-order valence-electron chi connectivity index (χ0n) is 9.50. The van der Waals surface area contributed by atoms with Crippen LogP contribution >= 0.6 is 0 Å². The first-order valence-electron chi connectivity index (χ1n) is 5.15. The fourth-order valence-corrected chi connectivity index (χ4v) is 2.30. The number of rotatable bonds is 1. The van der Waals surface area contributed by atoms with Gasteiger partial charge in [-0.15, -0.1) is 0 Å². The Kier molecular flexibility index (Phi) is 2.26. The smallest absolute Gasteiger partial charge is 0.352 e. The van der Waals surface area contributed by atoms with Gasteiger partial charge in [0, 0.05) is 18.8 Å². The summed E-state index contributed by atoms with van der Waals surface area (Å²) < 4.78 is 1.57. The highest BCUT2D eigenvalue weighted by Crippen LogP contribution is 2.26. The maximum Gasteiger partial charge on any atom is 0.352 e. The average Bonchev–Trinajstić information content (AvgIpc) is 2.38. The van der Waals surface area contributed by atoms with E-state index in [0.717, 1.165) is 0 Å². The van der Waals surface area contributed by atoms with E-state index in [1.807, 2.05) is 6.92 Å². The Hall–Kier alpha value is -1.78. The second kappa shape index (κ2) is 3.37. The lowest BCUT2D eigenvalue weighted by molar-refractivity contribution is 0.0685. The fourth-order valence-electron chi connectivity index (χ4n) is 2.30. The van der Waals surface area contributed by atoms with Crippen molar-refractivity contribution in [2.24, 2.45) is 7.05 Å². The first-order valence-corrected chi connectivity index (χ1v) is 5.15. The molecule has 86 valence electrons. The number of aromatic nitrogens is 1. The number of nitrogens with one attached hydrogen (secondary N) is 1. The Morgan fingerprint density at radius 2 is 2.19 bits per heavy atom. The van der Waals surface area contributed by atoms with Crippen LogP contribution in [-0.4, -0.2) is 27.6 Å². The highest BCUT2D eigenvalue weighted by molar-refractivity contribution is 6.02. The summed E-state index contributed by atoms with van der Waals surface area (Å²) in [5.41, 5.74) is 2.12. The number of aromatic carboxylic acids is 1. The van der Waals surface area contributed by atoms with E-state index in [4.69, 9.17) is 5.11 Å². The molecule has 0 bridgehead atoms. The second-order valence-electron chi connectivity index (χ2n) is 4.23. The zero-order valence-corrected chi connectivity index (χ0v) is 9.50. The summed E-state index contributed by atoms with van der Waals surface area (Å²) in [6.45, 7) is 3.63. The van der Waals surface area contributed by atoms with Gasteiger partial charge in [-0.1, -0.05) is 0 Å². The number of carbonyl (C=O) groups excluding carboxylic acids is 1. The Bertz CT molecular complexity index is 468. The van der Waals surface area contributed by atoms with Crippen LogP contribution in [0.25, 0.3) is 0 Å². The van der Waals surface area contributed by atoms with Gasteiger partial charge < -0.3 is 15.0 Å². The van der Waals surface area contributed by atoms with Gasteiger partial charge in [0.15, 0.2) is 0 Å². The van der Waals surface area contributed by atoms with Crippen LogP contribution in [0.3, 0.4) is 0 Å². The third-order valence-electron chi connectivity index (χ3n) is 3.11. The first kappa shape index (κ1) is 10.7. The Morgan fingerprint density at radius 1 is 1.56 bits per heavy atom. The summed E-state index contributed by atoms with van der Waals surface area (Å²) in [5.74, 6) is -1.15. The summed E-state index contributed by atoms with van der Waals surface area (Å²) in [7, 11) is 1.68. The number of hydrogen-bond acceptors (Lipinski definition) is 2. The minimum absolute atomic E-state index is 0.0140. The molecule has 1 aromatic heterocycles. The third kappa shape index (κ3) is 1.31. The summed E-state index contributed by atoms with van der Waals surface area (Å²) in [6, 6.07) is -0.0140. The van der Waals surface area contributed by atoms with Crippen molar-refractivity contribution in [3.05, 3.63) is 22.5 Å². The lowest BCUT2D eigenvalue weighted by Gasteiger charge is -2.20. The topological polar surface area (TPSA) is 71.3 Å². The van der Waals surface area contributed by atoms with E-state index in [9.17, 15) is 9.59 Å². The minimum atomic E-state index is -0.978. The maximum atomic E-state index is 11.8. The molecule has 2 rings (SSSR count). The molecule has 0 fully saturated rings. The van der Waals surface area contributed by atoms with Crippen LogP contribution in [0.5, 0.6) is 0 Å². The predicted molar refractivity (Wildman–Crippen MR) is 57.7 cm³/mol. The van der Waals surface area contributed by atoms with Gasteiger partial charge >= 0.3 is 5.97 Å². The van der Waals surface area contributed by atoms with Crippen molar-refractivity contribution >= 4 is 11.9 Å². The molecule has 16 heavy (non-hydrogen) atoms. The third-order valence-corrected chi connectivity index (χ3v) is 3.11. The number of carboxylic acids is 1. The fraction of sp³-hybridized carbons (Fsp3) is 0.455. The molecule has 2 heterocycles. The minimum Gasteiger partial charge on any atom is -0.477 e. The molecule has 1 atom stereocenters. The number of hydrogen-bond donors (Lipinski definition) is 2. The number of carboxylic acid groups (broad SMARTS) is 1. The van der Waals surface area contributed by atoms with Crippen molar-refractivity contribution in [2.45, 2.75) is 26.3 Å². The van der Waals surface area contributed by atoms with E-state index in [-0.39, 0.29) is 17.6 Å². The van der Waals surface area contributed by atoms with Gasteiger partial charge in [-0.25, -0.2) is 4.79 Å². The lowest BCUT2D eigenvalue weighted by Crippen LogP contribution is -2.39. The largest absolute Gasteiger partial charge is 0.477 e. The lowest BCUT2D eigenvalue weighted by atomic mass is 9.96. The monoisotopic (exact) mass is 222 g/mol. The van der Waals surface area contributed by atoms with E-state index in [1.165, 1.54) is 0 Å². The van der Waals surface area contributed by atoms with Crippen molar-refractivity contribution in [3.63, 3.8) is 0 Å². The number of amides is 1. The summed E-state index contributed by atoms with van der Waals surface area (Å²) in [6.07, 6.45) is 0.574. The van der Waals surface area contributed by atoms with E-state index >= 15 is 0 Å². The zero-order chi connectivity index (χ0) is 12.0. The molecule has 0 spiro atoms. The van der Waals surface area contributed by atoms with Crippen LogP contribution in [0.1, 0.15) is 39.0 Å². The molecular weight excluding hydrogens is 208 g/mol. The van der Waals surface area contributed by atoms with Gasteiger partial charge in [0.25, 0.3) is 5.91 Å². The summed E-state index contributed by atoms with van der Waals surface area (Å²) >= 11 is 0. The molecule has 0 unspecified atom stereocenters. The molecule has 1 amide bonds. The van der Waals surface area contributed by atoms with Crippen LogP contribution in [0, 0.1) is 6.92 Å². The number of fused-ring (bicyclic) bond motifs is 1. The van der Waals surface area contributed by atoms with Crippen LogP contribution < -0.4 is 5.32 Å². The molecular formula is C11H14N2O3. The molecule has 5 nitrogen and oxygen atoms in total. The first-order chi connectivity index (χ1) is 7.43. The van der Waals surface area contributed by atoms with Crippen molar-refractivity contribution in [2.75, 3.05) is 0 Å². The molecule has 2 N–H and O–H groups in total. The van der Waals surface area contributed by atoms with Crippen molar-refractivity contribution in [1.82, 2.24) is 9.88 Å². The highest BCUT2D eigenvalue weighted by atomic mass is 16.4. The Balaban J connectivity index is 2.71. The quantitative estimate of drug-likeness (QED) is 0.735. The average molecular weight is 222 g/mol. The number of nitrogens with zero attached hydrogens (tertiary/aromatic N) is 1. The van der Waals surface area contributed by atoms with Crippen LogP contribution in [0.2, 0.25) is 0 Å². The van der Waals surface area contributed by atoms with Crippen LogP contribution in [-0.2, 0) is 13.5 Å². The van der Waals surface area contributed by atoms with E-state index in [2.05, 4.69) is 5.32 Å². The van der Waals surface area contributed by atoms with E-state index in [1.54, 1.807) is 18.5 Å². The van der Waals surface area contributed by atoms with Gasteiger partial charge in [-0.05, 0) is 25.8 Å². The summed E-state index contributed by atoms with van der Waals surface area (Å²) in [5, 5.41) is 12.0. The molecule has 0 aromatic carbocycles. The maximum absolute atomic E-state index is 11.8. The molecule has 1 aliphatic heterocycles. The Labute approximate surface area is 93.1 Å². The normalized spacial score (nSPS) is 19.2. The molecule has 0 saturated heterocycles. The van der Waals surface area contributed by atoms with Crippen molar-refractivity contribution < 1.29 is 14.7 Å². The van der Waals surface area contributed by atoms with E-state index in [0.29, 0.717) is 23.2 Å². The van der Waals surface area contributed by atoms with Gasteiger partial charge in [0.05, 0.1) is 5.56 Å². The molecule has 1 aliphatic rings. The number of carbonyl (C=O) groups is 2. The molecule has 1 aromatic rings. The van der Waals surface area contributed by atoms with Gasteiger partial charge in [0.1, 0.15) is 5.69 Å². The SMILES string of the molecule is Cc1c2c(c(C(=O)O)n1C)C[C@H](C)NC2=O. The van der Waals surface area contributed by atoms with Gasteiger partial charge in [-0.3, -0.25) is 4.79 Å².